The van der Waals surface area contributed by atoms with Crippen LogP contribution in [-0.2, 0) is 0 Å². The molecule has 0 aliphatic carbocycles. The van der Waals surface area contributed by atoms with Gasteiger partial charge >= 0.3 is 0 Å². The van der Waals surface area contributed by atoms with Crippen molar-refractivity contribution in [1.29, 1.82) is 0 Å². The van der Waals surface area contributed by atoms with Crippen molar-refractivity contribution < 1.29 is 5.11 Å². The van der Waals surface area contributed by atoms with E-state index in [1.807, 2.05) is 24.3 Å². The van der Waals surface area contributed by atoms with Crippen LogP contribution in [0.2, 0.25) is 0 Å². The van der Waals surface area contributed by atoms with Gasteiger partial charge in [0.25, 0.3) is 0 Å². The quantitative estimate of drug-likeness (QED) is 0.582. The molecule has 0 saturated carbocycles. The fraction of sp³-hybridized carbons (Fsp3) is 0. The van der Waals surface area contributed by atoms with Crippen LogP contribution in [0.3, 0.4) is 0 Å². The third-order valence-electron chi connectivity index (χ3n) is 3.54. The number of fused-ring (bicyclic) bond motifs is 1. The maximum Gasteiger partial charge on any atom is 0.148 e. The summed E-state index contributed by atoms with van der Waals surface area (Å²) < 4.78 is 0. The molecule has 106 valence electrons. The van der Waals surface area contributed by atoms with E-state index in [0.717, 1.165) is 21.1 Å². The minimum atomic E-state index is 0.253. The van der Waals surface area contributed by atoms with Crippen LogP contribution in [0.5, 0.6) is 5.75 Å². The van der Waals surface area contributed by atoms with Gasteiger partial charge in [-0.3, -0.25) is 0 Å². The Bertz CT molecular complexity index is 945. The van der Waals surface area contributed by atoms with Crippen LogP contribution >= 0.6 is 11.3 Å². The molecule has 4 rings (SSSR count). The van der Waals surface area contributed by atoms with Gasteiger partial charge in [0.05, 0.1) is 0 Å². The van der Waals surface area contributed by atoms with Crippen LogP contribution in [0.25, 0.3) is 31.9 Å². The Kier molecular flexibility index (Phi) is 3.09. The third-order valence-corrected chi connectivity index (χ3v) is 4.56. The van der Waals surface area contributed by atoms with E-state index in [9.17, 15) is 5.11 Å². The molecular weight excluding hydrogens is 292 g/mol. The molecule has 0 aliphatic rings. The number of phenols is 1. The molecule has 0 radical (unpaired) electrons. The summed E-state index contributed by atoms with van der Waals surface area (Å²) in [4.78, 5) is 0. The molecule has 22 heavy (non-hydrogen) atoms. The third kappa shape index (κ3) is 2.34. The van der Waals surface area contributed by atoms with Crippen LogP contribution in [0.4, 0.5) is 0 Å². The topological polar surface area (TPSA) is 46.0 Å². The first kappa shape index (κ1) is 13.0. The molecule has 4 aromatic rings. The highest BCUT2D eigenvalue weighted by Crippen LogP contribution is 2.32. The summed E-state index contributed by atoms with van der Waals surface area (Å²) in [6, 6.07) is 21.6. The van der Waals surface area contributed by atoms with E-state index >= 15 is 0 Å². The Morgan fingerprint density at radius 2 is 1.32 bits per heavy atom. The van der Waals surface area contributed by atoms with Gasteiger partial charge in [-0.05, 0) is 41.1 Å². The van der Waals surface area contributed by atoms with Gasteiger partial charge < -0.3 is 5.11 Å². The van der Waals surface area contributed by atoms with Gasteiger partial charge in [-0.15, -0.1) is 10.2 Å². The van der Waals surface area contributed by atoms with Crippen molar-refractivity contribution >= 4 is 22.1 Å². The highest BCUT2D eigenvalue weighted by Gasteiger charge is 2.09. The average Bonchev–Trinajstić information content (AvgIpc) is 3.05. The highest BCUT2D eigenvalue weighted by molar-refractivity contribution is 7.17. The first-order chi connectivity index (χ1) is 10.8. The lowest BCUT2D eigenvalue weighted by Crippen LogP contribution is -1.78. The van der Waals surface area contributed by atoms with Crippen LogP contribution in [0, 0.1) is 0 Å². The zero-order valence-electron chi connectivity index (χ0n) is 11.6. The van der Waals surface area contributed by atoms with E-state index in [0.29, 0.717) is 0 Å². The fourth-order valence-corrected chi connectivity index (χ4v) is 3.23. The van der Waals surface area contributed by atoms with Gasteiger partial charge in [-0.1, -0.05) is 47.7 Å². The standard InChI is InChI=1S/C18H12N2OS/c21-16-9-7-13(8-10-16)17-19-20-18(22-17)15-6-5-12-3-1-2-4-14(12)11-15/h1-11,21H. The summed E-state index contributed by atoms with van der Waals surface area (Å²) in [5.74, 6) is 0.253. The predicted octanol–water partition coefficient (Wildman–Crippen LogP) is 4.73. The first-order valence-corrected chi connectivity index (χ1v) is 7.73. The predicted molar refractivity (Wildman–Crippen MR) is 90.0 cm³/mol. The summed E-state index contributed by atoms with van der Waals surface area (Å²) >= 11 is 1.55. The minimum absolute atomic E-state index is 0.253. The van der Waals surface area contributed by atoms with Crippen molar-refractivity contribution in [3.05, 3.63) is 66.7 Å². The van der Waals surface area contributed by atoms with E-state index in [1.54, 1.807) is 23.5 Å². The number of phenolic OH excluding ortho intramolecular Hbond substituents is 1. The molecule has 3 aromatic carbocycles. The molecule has 0 saturated heterocycles. The number of nitrogens with zero attached hydrogens (tertiary/aromatic N) is 2. The van der Waals surface area contributed by atoms with Gasteiger partial charge in [0.15, 0.2) is 0 Å². The van der Waals surface area contributed by atoms with Gasteiger partial charge in [-0.25, -0.2) is 0 Å². The Hall–Kier alpha value is -2.72. The molecule has 0 amide bonds. The summed E-state index contributed by atoms with van der Waals surface area (Å²) in [5.41, 5.74) is 2.03. The average molecular weight is 304 g/mol. The lowest BCUT2D eigenvalue weighted by Gasteiger charge is -1.99. The van der Waals surface area contributed by atoms with E-state index < -0.39 is 0 Å². The molecule has 1 heterocycles. The summed E-state index contributed by atoms with van der Waals surface area (Å²) in [7, 11) is 0. The fourth-order valence-electron chi connectivity index (χ4n) is 2.38. The summed E-state index contributed by atoms with van der Waals surface area (Å²) in [6.07, 6.45) is 0. The van der Waals surface area contributed by atoms with Crippen molar-refractivity contribution in [3.63, 3.8) is 0 Å². The van der Waals surface area contributed by atoms with Gasteiger partial charge in [0.2, 0.25) is 0 Å². The minimum Gasteiger partial charge on any atom is -0.508 e. The lowest BCUT2D eigenvalue weighted by atomic mass is 10.1. The Balaban J connectivity index is 1.74. The van der Waals surface area contributed by atoms with E-state index in [1.165, 1.54) is 10.8 Å². The Morgan fingerprint density at radius 3 is 2.09 bits per heavy atom. The molecule has 4 heteroatoms. The van der Waals surface area contributed by atoms with Crippen molar-refractivity contribution in [3.8, 4) is 26.9 Å². The van der Waals surface area contributed by atoms with E-state index in [-0.39, 0.29) is 5.75 Å². The van der Waals surface area contributed by atoms with Crippen molar-refractivity contribution in [1.82, 2.24) is 10.2 Å². The molecule has 0 fully saturated rings. The number of hydrogen-bond acceptors (Lipinski definition) is 4. The van der Waals surface area contributed by atoms with E-state index in [4.69, 9.17) is 0 Å². The maximum atomic E-state index is 9.35. The molecule has 0 spiro atoms. The van der Waals surface area contributed by atoms with Gasteiger partial charge in [0.1, 0.15) is 15.8 Å². The lowest BCUT2D eigenvalue weighted by molar-refractivity contribution is 0.475. The molecule has 1 N–H and O–H groups in total. The molecule has 3 nitrogen and oxygen atoms in total. The normalized spacial score (nSPS) is 10.9. The first-order valence-electron chi connectivity index (χ1n) is 6.92. The second-order valence-electron chi connectivity index (χ2n) is 5.02. The van der Waals surface area contributed by atoms with Crippen LogP contribution in [-0.4, -0.2) is 15.3 Å². The largest absolute Gasteiger partial charge is 0.508 e. The zero-order valence-corrected chi connectivity index (χ0v) is 12.4. The molecule has 1 aromatic heterocycles. The number of hydrogen-bond donors (Lipinski definition) is 1. The van der Waals surface area contributed by atoms with Gasteiger partial charge in [-0.2, -0.15) is 0 Å². The Labute approximate surface area is 131 Å². The number of rotatable bonds is 2. The van der Waals surface area contributed by atoms with Crippen LogP contribution < -0.4 is 0 Å². The Morgan fingerprint density at radius 1 is 0.682 bits per heavy atom. The second-order valence-corrected chi connectivity index (χ2v) is 6.00. The zero-order chi connectivity index (χ0) is 14.9. The highest BCUT2D eigenvalue weighted by atomic mass is 32.1. The molecular formula is C18H12N2OS. The number of aromatic nitrogens is 2. The number of benzene rings is 3. The van der Waals surface area contributed by atoms with Gasteiger partial charge in [0, 0.05) is 11.1 Å². The monoisotopic (exact) mass is 304 g/mol. The smallest absolute Gasteiger partial charge is 0.148 e. The van der Waals surface area contributed by atoms with Crippen molar-refractivity contribution in [2.75, 3.05) is 0 Å². The van der Waals surface area contributed by atoms with Crippen molar-refractivity contribution in [2.24, 2.45) is 0 Å². The van der Waals surface area contributed by atoms with Crippen LogP contribution in [0.1, 0.15) is 0 Å². The molecule has 0 unspecified atom stereocenters. The van der Waals surface area contributed by atoms with Crippen molar-refractivity contribution in [2.45, 2.75) is 0 Å². The molecule has 0 atom stereocenters. The molecule has 0 bridgehead atoms. The SMILES string of the molecule is Oc1ccc(-c2nnc(-c3ccc4ccccc4c3)s2)cc1. The molecule has 0 aliphatic heterocycles. The summed E-state index contributed by atoms with van der Waals surface area (Å²) in [6.45, 7) is 0. The summed E-state index contributed by atoms with van der Waals surface area (Å²) in [5, 5.41) is 22.1. The second kappa shape index (κ2) is 5.24. The number of aromatic hydroxyl groups is 1. The van der Waals surface area contributed by atoms with E-state index in [2.05, 4.69) is 40.5 Å². The van der Waals surface area contributed by atoms with Crippen LogP contribution in [0.15, 0.2) is 66.7 Å². The maximum absolute atomic E-state index is 9.35.